The molecule has 5 heteroatoms. The highest BCUT2D eigenvalue weighted by Crippen LogP contribution is 2.39. The minimum Gasteiger partial charge on any atom is -0.325 e. The fraction of sp³-hybridized carbons (Fsp3) is 0.167. The van der Waals surface area contributed by atoms with Crippen LogP contribution in [0, 0.1) is 0 Å². The van der Waals surface area contributed by atoms with E-state index in [0.717, 1.165) is 40.3 Å². The predicted molar refractivity (Wildman–Crippen MR) is 139 cm³/mol. The molecule has 5 rings (SSSR count). The van der Waals surface area contributed by atoms with Gasteiger partial charge in [-0.25, -0.2) is 0 Å². The van der Waals surface area contributed by atoms with Crippen LogP contribution in [0.25, 0.3) is 10.8 Å². The number of fused-ring (bicyclic) bond motifs is 3. The molecule has 1 heterocycles. The lowest BCUT2D eigenvalue weighted by molar-refractivity contribution is -0.125. The predicted octanol–water partition coefficient (Wildman–Crippen LogP) is 6.09. The van der Waals surface area contributed by atoms with Crippen LogP contribution in [0.15, 0.2) is 84.9 Å². The molecule has 1 aliphatic rings. The number of anilines is 2. The maximum absolute atomic E-state index is 13.1. The zero-order valence-electron chi connectivity index (χ0n) is 19.5. The molecule has 0 bridgehead atoms. The van der Waals surface area contributed by atoms with E-state index in [4.69, 9.17) is 0 Å². The van der Waals surface area contributed by atoms with Gasteiger partial charge >= 0.3 is 0 Å². The fourth-order valence-corrected chi connectivity index (χ4v) is 4.84. The summed E-state index contributed by atoms with van der Waals surface area (Å²) in [7, 11) is 0. The number of aryl methyl sites for hydroxylation is 1. The summed E-state index contributed by atoms with van der Waals surface area (Å²) >= 11 is 0. The van der Waals surface area contributed by atoms with Crippen LogP contribution in [0.2, 0.25) is 0 Å². The Labute approximate surface area is 204 Å². The van der Waals surface area contributed by atoms with Crippen molar-refractivity contribution in [3.05, 3.63) is 107 Å². The second-order valence-electron chi connectivity index (χ2n) is 8.86. The number of carbonyl (C=O) groups excluding carboxylic acids is 3. The molecule has 2 N–H and O–H groups in total. The maximum Gasteiger partial charge on any atom is 0.255 e. The molecule has 174 valence electrons. The Morgan fingerprint density at radius 3 is 2.46 bits per heavy atom. The van der Waals surface area contributed by atoms with E-state index >= 15 is 0 Å². The van der Waals surface area contributed by atoms with Crippen LogP contribution in [0.3, 0.4) is 0 Å². The summed E-state index contributed by atoms with van der Waals surface area (Å²) < 4.78 is 0. The number of benzene rings is 4. The van der Waals surface area contributed by atoms with E-state index in [1.807, 2.05) is 84.9 Å². The van der Waals surface area contributed by atoms with Crippen molar-refractivity contribution in [1.29, 1.82) is 0 Å². The molecule has 1 aliphatic heterocycles. The van der Waals surface area contributed by atoms with E-state index < -0.39 is 5.92 Å². The summed E-state index contributed by atoms with van der Waals surface area (Å²) in [5.41, 5.74) is 4.60. The second-order valence-corrected chi connectivity index (χ2v) is 8.86. The Balaban J connectivity index is 1.46. The van der Waals surface area contributed by atoms with Gasteiger partial charge in [-0.05, 0) is 46.7 Å². The number of hydrogen-bond acceptors (Lipinski definition) is 3. The van der Waals surface area contributed by atoms with Crippen molar-refractivity contribution in [2.75, 3.05) is 10.6 Å². The van der Waals surface area contributed by atoms with Crippen LogP contribution in [0.4, 0.5) is 11.4 Å². The first kappa shape index (κ1) is 22.5. The monoisotopic (exact) mass is 462 g/mol. The van der Waals surface area contributed by atoms with Gasteiger partial charge in [0.15, 0.2) is 5.78 Å². The Morgan fingerprint density at radius 2 is 1.66 bits per heavy atom. The summed E-state index contributed by atoms with van der Waals surface area (Å²) in [5.74, 6) is -1.17. The molecule has 0 spiro atoms. The second kappa shape index (κ2) is 9.55. The molecule has 1 unspecified atom stereocenters. The molecule has 0 radical (unpaired) electrons. The highest BCUT2D eigenvalue weighted by molar-refractivity contribution is 6.15. The Bertz CT molecular complexity index is 1440. The fourth-order valence-electron chi connectivity index (χ4n) is 4.84. The molecule has 2 amide bonds. The molecule has 1 atom stereocenters. The van der Waals surface area contributed by atoms with E-state index in [9.17, 15) is 14.4 Å². The first-order valence-electron chi connectivity index (χ1n) is 11.9. The van der Waals surface area contributed by atoms with Gasteiger partial charge in [-0.3, -0.25) is 14.4 Å². The number of amides is 2. The summed E-state index contributed by atoms with van der Waals surface area (Å²) in [6, 6.07) is 26.7. The van der Waals surface area contributed by atoms with Crippen LogP contribution >= 0.6 is 0 Å². The molecule has 0 aliphatic carbocycles. The van der Waals surface area contributed by atoms with Crippen LogP contribution in [0.5, 0.6) is 0 Å². The standard InChI is InChI=1S/C30H26N2O3/c1-2-7-19-8-4-6-11-24(19)30(35)31-22-15-12-21(13-16-22)28-25-17-14-20-9-3-5-10-23(20)29(25)32-27(34)18-26(28)33/h3-6,8-17,28H,2,7,18H2,1H3,(H,31,35)(H,32,34). The number of hydrogen-bond donors (Lipinski definition) is 2. The van der Waals surface area contributed by atoms with Crippen molar-refractivity contribution in [3.63, 3.8) is 0 Å². The lowest BCUT2D eigenvalue weighted by atomic mass is 9.85. The molecule has 0 aromatic heterocycles. The van der Waals surface area contributed by atoms with Crippen molar-refractivity contribution in [3.8, 4) is 0 Å². The van der Waals surface area contributed by atoms with Gasteiger partial charge in [-0.1, -0.05) is 80.1 Å². The third-order valence-electron chi connectivity index (χ3n) is 6.48. The number of carbonyl (C=O) groups is 3. The topological polar surface area (TPSA) is 75.3 Å². The summed E-state index contributed by atoms with van der Waals surface area (Å²) in [6.07, 6.45) is 1.62. The normalized spacial score (nSPS) is 15.3. The van der Waals surface area contributed by atoms with E-state index in [1.54, 1.807) is 0 Å². The maximum atomic E-state index is 13.1. The van der Waals surface area contributed by atoms with E-state index in [2.05, 4.69) is 17.6 Å². The van der Waals surface area contributed by atoms with Gasteiger partial charge in [0.2, 0.25) is 5.91 Å². The first-order chi connectivity index (χ1) is 17.0. The Kier molecular flexibility index (Phi) is 6.15. The quantitative estimate of drug-likeness (QED) is 0.353. The minimum absolute atomic E-state index is 0.151. The molecular weight excluding hydrogens is 436 g/mol. The lowest BCUT2D eigenvalue weighted by Gasteiger charge is -2.18. The summed E-state index contributed by atoms with van der Waals surface area (Å²) in [6.45, 7) is 2.09. The van der Waals surface area contributed by atoms with Crippen LogP contribution in [-0.4, -0.2) is 17.6 Å². The van der Waals surface area contributed by atoms with Crippen molar-refractivity contribution in [2.45, 2.75) is 32.1 Å². The highest BCUT2D eigenvalue weighted by atomic mass is 16.2. The van der Waals surface area contributed by atoms with Gasteiger partial charge < -0.3 is 10.6 Å². The van der Waals surface area contributed by atoms with Crippen LogP contribution in [0.1, 0.15) is 52.7 Å². The number of nitrogens with one attached hydrogen (secondary N) is 2. The zero-order chi connectivity index (χ0) is 24.4. The zero-order valence-corrected chi connectivity index (χ0v) is 19.5. The van der Waals surface area contributed by atoms with Gasteiger partial charge in [0.1, 0.15) is 0 Å². The average molecular weight is 463 g/mol. The van der Waals surface area contributed by atoms with E-state index in [0.29, 0.717) is 16.9 Å². The lowest BCUT2D eigenvalue weighted by Crippen LogP contribution is -2.17. The van der Waals surface area contributed by atoms with Crippen molar-refractivity contribution >= 4 is 39.7 Å². The van der Waals surface area contributed by atoms with E-state index in [1.165, 1.54) is 0 Å². The number of rotatable bonds is 5. The molecule has 4 aromatic rings. The van der Waals surface area contributed by atoms with Crippen LogP contribution in [-0.2, 0) is 16.0 Å². The van der Waals surface area contributed by atoms with Gasteiger partial charge in [-0.15, -0.1) is 0 Å². The molecule has 0 saturated heterocycles. The van der Waals surface area contributed by atoms with Crippen molar-refractivity contribution < 1.29 is 14.4 Å². The number of ketones is 1. The van der Waals surface area contributed by atoms with Crippen molar-refractivity contribution in [2.24, 2.45) is 0 Å². The first-order valence-corrected chi connectivity index (χ1v) is 11.9. The summed E-state index contributed by atoms with van der Waals surface area (Å²) in [4.78, 5) is 38.5. The Morgan fingerprint density at radius 1 is 0.914 bits per heavy atom. The highest BCUT2D eigenvalue weighted by Gasteiger charge is 2.31. The molecule has 0 fully saturated rings. The summed E-state index contributed by atoms with van der Waals surface area (Å²) in [5, 5.41) is 7.83. The van der Waals surface area contributed by atoms with Gasteiger partial charge in [0, 0.05) is 16.6 Å². The van der Waals surface area contributed by atoms with Gasteiger partial charge in [0.25, 0.3) is 5.91 Å². The third-order valence-corrected chi connectivity index (χ3v) is 6.48. The molecule has 5 nitrogen and oxygen atoms in total. The molecule has 35 heavy (non-hydrogen) atoms. The van der Waals surface area contributed by atoms with Crippen LogP contribution < -0.4 is 10.6 Å². The average Bonchev–Trinajstić information content (AvgIpc) is 2.99. The SMILES string of the molecule is CCCc1ccccc1C(=O)Nc1ccc(C2C(=O)CC(=O)Nc3c2ccc2ccccc32)cc1. The largest absolute Gasteiger partial charge is 0.325 e. The van der Waals surface area contributed by atoms with E-state index in [-0.39, 0.29) is 24.0 Å². The number of Topliss-reactive ketones (excluding diaryl/α,β-unsaturated/α-hetero) is 1. The van der Waals surface area contributed by atoms with Crippen molar-refractivity contribution in [1.82, 2.24) is 0 Å². The molecular formula is C30H26N2O3. The van der Waals surface area contributed by atoms with Gasteiger partial charge in [0.05, 0.1) is 18.0 Å². The molecule has 0 saturated carbocycles. The van der Waals surface area contributed by atoms with Gasteiger partial charge in [-0.2, -0.15) is 0 Å². The third kappa shape index (κ3) is 4.45. The Hall–Kier alpha value is -4.25. The minimum atomic E-state index is -0.566. The smallest absolute Gasteiger partial charge is 0.255 e. The molecule has 4 aromatic carbocycles.